The summed E-state index contributed by atoms with van der Waals surface area (Å²) in [6, 6.07) is 0. The highest BCUT2D eigenvalue weighted by Crippen LogP contribution is 1.90. The van der Waals surface area contributed by atoms with E-state index in [-0.39, 0.29) is 12.7 Å². The first-order valence-corrected chi connectivity index (χ1v) is 3.70. The van der Waals surface area contributed by atoms with E-state index >= 15 is 0 Å². The lowest BCUT2D eigenvalue weighted by molar-refractivity contribution is -0.135. The standard InChI is InChI=1S/C7H15NO2.H3N/c1-2-3-4-5-8-6-7(9)10;/h8H,2-6H2,1H3,(H,9,10);1H3. The summed E-state index contributed by atoms with van der Waals surface area (Å²) in [7, 11) is 0. The van der Waals surface area contributed by atoms with Gasteiger partial charge in [0.15, 0.2) is 0 Å². The summed E-state index contributed by atoms with van der Waals surface area (Å²) >= 11 is 0. The molecule has 0 rings (SSSR count). The van der Waals surface area contributed by atoms with Gasteiger partial charge in [-0.3, -0.25) is 4.79 Å². The van der Waals surface area contributed by atoms with E-state index in [0.29, 0.717) is 0 Å². The first kappa shape index (κ1) is 13.0. The molecule has 0 aliphatic heterocycles. The van der Waals surface area contributed by atoms with E-state index < -0.39 is 5.97 Å². The van der Waals surface area contributed by atoms with Gasteiger partial charge in [-0.2, -0.15) is 0 Å². The van der Waals surface area contributed by atoms with Gasteiger partial charge in [-0.05, 0) is 13.0 Å². The van der Waals surface area contributed by atoms with Crippen molar-refractivity contribution < 1.29 is 9.90 Å². The minimum atomic E-state index is -0.781. The molecule has 0 aromatic heterocycles. The Morgan fingerprint density at radius 1 is 1.45 bits per heavy atom. The molecule has 0 radical (unpaired) electrons. The second-order valence-corrected chi connectivity index (χ2v) is 2.28. The Kier molecular flexibility index (Phi) is 11.1. The molecule has 4 heteroatoms. The summed E-state index contributed by atoms with van der Waals surface area (Å²) in [5.41, 5.74) is 0. The van der Waals surface area contributed by atoms with Gasteiger partial charge in [-0.25, -0.2) is 0 Å². The molecular weight excluding hydrogens is 144 g/mol. The number of carbonyl (C=O) groups is 1. The van der Waals surface area contributed by atoms with Gasteiger partial charge in [-0.15, -0.1) is 0 Å². The van der Waals surface area contributed by atoms with Crippen molar-refractivity contribution in [1.29, 1.82) is 0 Å². The van der Waals surface area contributed by atoms with Crippen LogP contribution >= 0.6 is 0 Å². The number of nitrogens with one attached hydrogen (secondary N) is 1. The van der Waals surface area contributed by atoms with E-state index in [9.17, 15) is 4.79 Å². The molecule has 0 unspecified atom stereocenters. The van der Waals surface area contributed by atoms with Crippen LogP contribution in [0.3, 0.4) is 0 Å². The lowest BCUT2D eigenvalue weighted by Crippen LogP contribution is -2.23. The third-order valence-electron chi connectivity index (χ3n) is 1.23. The second kappa shape index (κ2) is 9.39. The van der Waals surface area contributed by atoms with Crippen LogP contribution in [0.2, 0.25) is 0 Å². The molecule has 0 aromatic rings. The molecule has 68 valence electrons. The zero-order valence-electron chi connectivity index (χ0n) is 7.10. The number of rotatable bonds is 6. The average Bonchev–Trinajstić information content (AvgIpc) is 1.87. The molecule has 11 heavy (non-hydrogen) atoms. The van der Waals surface area contributed by atoms with Gasteiger partial charge < -0.3 is 16.6 Å². The summed E-state index contributed by atoms with van der Waals surface area (Å²) in [5, 5.41) is 11.0. The fourth-order valence-electron chi connectivity index (χ4n) is 0.695. The topological polar surface area (TPSA) is 84.3 Å². The molecular formula is C7H18N2O2. The lowest BCUT2D eigenvalue weighted by Gasteiger charge is -1.98. The molecule has 0 saturated carbocycles. The molecule has 0 atom stereocenters. The number of aliphatic carboxylic acids is 1. The molecule has 5 N–H and O–H groups in total. The van der Waals surface area contributed by atoms with Gasteiger partial charge in [0, 0.05) is 0 Å². The Hall–Kier alpha value is -0.610. The van der Waals surface area contributed by atoms with Crippen molar-refractivity contribution in [1.82, 2.24) is 11.5 Å². The molecule has 0 heterocycles. The van der Waals surface area contributed by atoms with Gasteiger partial charge in [0.2, 0.25) is 0 Å². The second-order valence-electron chi connectivity index (χ2n) is 2.28. The number of carboxylic acid groups (broad SMARTS) is 1. The van der Waals surface area contributed by atoms with E-state index in [2.05, 4.69) is 12.2 Å². The first-order valence-electron chi connectivity index (χ1n) is 3.70. The van der Waals surface area contributed by atoms with Gasteiger partial charge in [0.25, 0.3) is 0 Å². The number of carboxylic acids is 1. The predicted octanol–water partition coefficient (Wildman–Crippen LogP) is 1.01. The van der Waals surface area contributed by atoms with E-state index in [4.69, 9.17) is 5.11 Å². The Balaban J connectivity index is 0. The largest absolute Gasteiger partial charge is 0.480 e. The van der Waals surface area contributed by atoms with E-state index in [1.54, 1.807) is 0 Å². The van der Waals surface area contributed by atoms with Crippen LogP contribution in [0.1, 0.15) is 26.2 Å². The SMILES string of the molecule is CCCCCNCC(=O)O.N. The molecule has 0 spiro atoms. The Morgan fingerprint density at radius 3 is 2.55 bits per heavy atom. The molecule has 0 aliphatic carbocycles. The van der Waals surface area contributed by atoms with Crippen LogP contribution < -0.4 is 11.5 Å². The van der Waals surface area contributed by atoms with Crippen molar-refractivity contribution >= 4 is 5.97 Å². The molecule has 0 aliphatic rings. The van der Waals surface area contributed by atoms with E-state index in [1.807, 2.05) is 0 Å². The molecule has 0 aromatic carbocycles. The van der Waals surface area contributed by atoms with Crippen LogP contribution in [0.4, 0.5) is 0 Å². The van der Waals surface area contributed by atoms with Crippen LogP contribution in [0.25, 0.3) is 0 Å². The number of unbranched alkanes of at least 4 members (excludes halogenated alkanes) is 2. The molecule has 0 bridgehead atoms. The maximum atomic E-state index is 9.97. The van der Waals surface area contributed by atoms with Gasteiger partial charge in [-0.1, -0.05) is 19.8 Å². The highest BCUT2D eigenvalue weighted by molar-refractivity contribution is 5.68. The van der Waals surface area contributed by atoms with Crippen molar-refractivity contribution in [3.8, 4) is 0 Å². The maximum absolute atomic E-state index is 9.97. The minimum Gasteiger partial charge on any atom is -0.480 e. The van der Waals surface area contributed by atoms with Crippen LogP contribution in [0.15, 0.2) is 0 Å². The Morgan fingerprint density at radius 2 is 2.09 bits per heavy atom. The lowest BCUT2D eigenvalue weighted by atomic mass is 10.2. The number of hydrogen-bond donors (Lipinski definition) is 3. The minimum absolute atomic E-state index is 0. The van der Waals surface area contributed by atoms with E-state index in [0.717, 1.165) is 13.0 Å². The highest BCUT2D eigenvalue weighted by Gasteiger charge is 1.92. The zero-order valence-corrected chi connectivity index (χ0v) is 7.10. The quantitative estimate of drug-likeness (QED) is 0.509. The average molecular weight is 162 g/mol. The van der Waals surface area contributed by atoms with Crippen LogP contribution in [0, 0.1) is 0 Å². The third-order valence-corrected chi connectivity index (χ3v) is 1.23. The Labute approximate surface area is 67.6 Å². The maximum Gasteiger partial charge on any atom is 0.317 e. The van der Waals surface area contributed by atoms with Gasteiger partial charge in [0.1, 0.15) is 0 Å². The highest BCUT2D eigenvalue weighted by atomic mass is 16.4. The first-order chi connectivity index (χ1) is 4.77. The summed E-state index contributed by atoms with van der Waals surface area (Å²) < 4.78 is 0. The van der Waals surface area contributed by atoms with Gasteiger partial charge in [0.05, 0.1) is 6.54 Å². The fourth-order valence-corrected chi connectivity index (χ4v) is 0.695. The molecule has 0 fully saturated rings. The molecule has 0 amide bonds. The zero-order chi connectivity index (χ0) is 7.82. The molecule has 0 saturated heterocycles. The van der Waals surface area contributed by atoms with Crippen molar-refractivity contribution in [2.24, 2.45) is 0 Å². The van der Waals surface area contributed by atoms with Crippen LogP contribution in [-0.2, 0) is 4.79 Å². The van der Waals surface area contributed by atoms with Crippen molar-refractivity contribution in [2.75, 3.05) is 13.1 Å². The fraction of sp³-hybridized carbons (Fsp3) is 0.857. The monoisotopic (exact) mass is 162 g/mol. The van der Waals surface area contributed by atoms with Crippen LogP contribution in [-0.4, -0.2) is 24.2 Å². The summed E-state index contributed by atoms with van der Waals surface area (Å²) in [6.07, 6.45) is 3.42. The number of hydrogen-bond acceptors (Lipinski definition) is 3. The van der Waals surface area contributed by atoms with Crippen molar-refractivity contribution in [3.05, 3.63) is 0 Å². The molecule has 4 nitrogen and oxygen atoms in total. The smallest absolute Gasteiger partial charge is 0.317 e. The summed E-state index contributed by atoms with van der Waals surface area (Å²) in [6.45, 7) is 3.03. The normalized spacial score (nSPS) is 8.82. The summed E-state index contributed by atoms with van der Waals surface area (Å²) in [5.74, 6) is -0.781. The van der Waals surface area contributed by atoms with E-state index in [1.165, 1.54) is 12.8 Å². The third kappa shape index (κ3) is 12.6. The van der Waals surface area contributed by atoms with Crippen molar-refractivity contribution in [2.45, 2.75) is 26.2 Å². The van der Waals surface area contributed by atoms with Crippen LogP contribution in [0.5, 0.6) is 0 Å². The van der Waals surface area contributed by atoms with Gasteiger partial charge >= 0.3 is 5.97 Å². The summed E-state index contributed by atoms with van der Waals surface area (Å²) in [4.78, 5) is 9.97. The Bertz CT molecular complexity index is 96.4. The van der Waals surface area contributed by atoms with Crippen molar-refractivity contribution in [3.63, 3.8) is 0 Å². The predicted molar refractivity (Wildman–Crippen MR) is 45.1 cm³/mol.